The molecule has 4 aromatic rings. The molecule has 0 saturated carbocycles. The van der Waals surface area contributed by atoms with E-state index >= 15 is 0 Å². The number of benzene rings is 2. The number of hydrogen-bond donors (Lipinski definition) is 1. The fourth-order valence-corrected chi connectivity index (χ4v) is 2.99. The molecule has 0 aliphatic heterocycles. The normalized spacial score (nSPS) is 10.8. The highest BCUT2D eigenvalue weighted by Crippen LogP contribution is 2.29. The summed E-state index contributed by atoms with van der Waals surface area (Å²) in [5, 5.41) is 1.60. The lowest BCUT2D eigenvalue weighted by Crippen LogP contribution is -1.95. The van der Waals surface area contributed by atoms with E-state index < -0.39 is 0 Å². The van der Waals surface area contributed by atoms with Crippen LogP contribution in [-0.4, -0.2) is 17.1 Å². The van der Waals surface area contributed by atoms with Gasteiger partial charge >= 0.3 is 0 Å². The Bertz CT molecular complexity index is 1040. The first-order valence-corrected chi connectivity index (χ1v) is 8.60. The fourth-order valence-electron chi connectivity index (χ4n) is 2.79. The van der Waals surface area contributed by atoms with Crippen molar-refractivity contribution in [3.8, 4) is 22.8 Å². The second kappa shape index (κ2) is 7.10. The molecule has 0 unspecified atom stereocenters. The van der Waals surface area contributed by atoms with Gasteiger partial charge in [0.15, 0.2) is 0 Å². The van der Waals surface area contributed by atoms with E-state index in [4.69, 9.17) is 21.1 Å². The van der Waals surface area contributed by atoms with Crippen LogP contribution in [0.4, 0.5) is 0 Å². The zero-order valence-corrected chi connectivity index (χ0v) is 15.0. The minimum Gasteiger partial charge on any atom is -0.497 e. The lowest BCUT2D eigenvalue weighted by atomic mass is 10.1. The molecule has 0 saturated heterocycles. The summed E-state index contributed by atoms with van der Waals surface area (Å²) in [6.45, 7) is 0.494. The summed E-state index contributed by atoms with van der Waals surface area (Å²) in [5.74, 6) is 1.64. The molecule has 0 aliphatic rings. The van der Waals surface area contributed by atoms with Crippen molar-refractivity contribution in [3.63, 3.8) is 0 Å². The maximum absolute atomic E-state index is 6.23. The molecular weight excluding hydrogens is 348 g/mol. The molecule has 5 heteroatoms. The van der Waals surface area contributed by atoms with Crippen LogP contribution in [0.25, 0.3) is 22.3 Å². The Balaban J connectivity index is 1.54. The van der Waals surface area contributed by atoms with Crippen LogP contribution in [-0.2, 0) is 6.61 Å². The quantitative estimate of drug-likeness (QED) is 0.510. The Morgan fingerprint density at radius 2 is 1.85 bits per heavy atom. The Morgan fingerprint density at radius 1 is 1.00 bits per heavy atom. The standard InChI is InChI=1S/C21H17ClN2O2/c1-25-16-7-5-14(6-8-16)13-26-17-4-2-3-15(11-17)20-12-18-19(22)9-10-23-21(18)24-20/h2-12H,13H2,1H3,(H,23,24). The van der Waals surface area contributed by atoms with Crippen molar-refractivity contribution in [2.75, 3.05) is 7.11 Å². The van der Waals surface area contributed by atoms with Crippen LogP contribution in [0.5, 0.6) is 11.5 Å². The summed E-state index contributed by atoms with van der Waals surface area (Å²) in [6.07, 6.45) is 1.69. The molecule has 26 heavy (non-hydrogen) atoms. The zero-order valence-electron chi connectivity index (χ0n) is 14.2. The van der Waals surface area contributed by atoms with Crippen LogP contribution in [0.1, 0.15) is 5.56 Å². The van der Waals surface area contributed by atoms with Crippen molar-refractivity contribution in [3.05, 3.63) is 77.4 Å². The van der Waals surface area contributed by atoms with Crippen molar-refractivity contribution < 1.29 is 9.47 Å². The summed E-state index contributed by atoms with van der Waals surface area (Å²) < 4.78 is 11.1. The zero-order chi connectivity index (χ0) is 17.9. The number of nitrogens with one attached hydrogen (secondary N) is 1. The number of nitrogens with zero attached hydrogens (tertiary/aromatic N) is 1. The Kier molecular flexibility index (Phi) is 4.50. The van der Waals surface area contributed by atoms with Gasteiger partial charge in [0.25, 0.3) is 0 Å². The van der Waals surface area contributed by atoms with Crippen molar-refractivity contribution in [2.45, 2.75) is 6.61 Å². The van der Waals surface area contributed by atoms with Gasteiger partial charge in [-0.25, -0.2) is 4.98 Å². The molecule has 1 N–H and O–H groups in total. The van der Waals surface area contributed by atoms with Gasteiger partial charge in [0.05, 0.1) is 12.1 Å². The van der Waals surface area contributed by atoms with Crippen molar-refractivity contribution >= 4 is 22.6 Å². The first-order valence-electron chi connectivity index (χ1n) is 8.22. The number of fused-ring (bicyclic) bond motifs is 1. The van der Waals surface area contributed by atoms with E-state index in [9.17, 15) is 0 Å². The van der Waals surface area contributed by atoms with Crippen molar-refractivity contribution in [1.29, 1.82) is 0 Å². The molecule has 0 amide bonds. The summed E-state index contributed by atoms with van der Waals surface area (Å²) in [6, 6.07) is 19.6. The van der Waals surface area contributed by atoms with E-state index in [1.165, 1.54) is 0 Å². The molecule has 0 bridgehead atoms. The molecule has 2 aromatic carbocycles. The van der Waals surface area contributed by atoms with Gasteiger partial charge in [-0.3, -0.25) is 0 Å². The third-order valence-corrected chi connectivity index (χ3v) is 4.52. The van der Waals surface area contributed by atoms with Gasteiger partial charge in [0.2, 0.25) is 0 Å². The number of ether oxygens (including phenoxy) is 2. The minimum absolute atomic E-state index is 0.494. The van der Waals surface area contributed by atoms with Gasteiger partial charge in [0.1, 0.15) is 23.8 Å². The molecule has 0 aliphatic carbocycles. The van der Waals surface area contributed by atoms with Gasteiger partial charge in [-0.1, -0.05) is 35.9 Å². The molecule has 0 atom stereocenters. The monoisotopic (exact) mass is 364 g/mol. The average Bonchev–Trinajstić information content (AvgIpc) is 3.13. The predicted octanol–water partition coefficient (Wildman–Crippen LogP) is 5.47. The molecule has 4 rings (SSSR count). The number of halogens is 1. The lowest BCUT2D eigenvalue weighted by molar-refractivity contribution is 0.306. The van der Waals surface area contributed by atoms with Gasteiger partial charge in [-0.05, 0) is 42.0 Å². The highest BCUT2D eigenvalue weighted by Gasteiger charge is 2.08. The van der Waals surface area contributed by atoms with Crippen LogP contribution < -0.4 is 9.47 Å². The molecular formula is C21H17ClN2O2. The van der Waals surface area contributed by atoms with Crippen LogP contribution in [0.2, 0.25) is 5.02 Å². The second-order valence-corrected chi connectivity index (χ2v) is 6.31. The predicted molar refractivity (Wildman–Crippen MR) is 104 cm³/mol. The lowest BCUT2D eigenvalue weighted by Gasteiger charge is -2.08. The maximum Gasteiger partial charge on any atom is 0.139 e. The van der Waals surface area contributed by atoms with Crippen LogP contribution in [0.3, 0.4) is 0 Å². The molecule has 4 nitrogen and oxygen atoms in total. The summed E-state index contributed by atoms with van der Waals surface area (Å²) >= 11 is 6.23. The summed E-state index contributed by atoms with van der Waals surface area (Å²) in [5.41, 5.74) is 3.83. The molecule has 2 aromatic heterocycles. The number of rotatable bonds is 5. The van der Waals surface area contributed by atoms with E-state index in [0.717, 1.165) is 39.4 Å². The largest absolute Gasteiger partial charge is 0.497 e. The molecule has 0 spiro atoms. The summed E-state index contributed by atoms with van der Waals surface area (Å²) in [4.78, 5) is 7.62. The molecule has 2 heterocycles. The van der Waals surface area contributed by atoms with Gasteiger partial charge in [-0.2, -0.15) is 0 Å². The smallest absolute Gasteiger partial charge is 0.139 e. The summed E-state index contributed by atoms with van der Waals surface area (Å²) in [7, 11) is 1.66. The number of aromatic amines is 1. The Morgan fingerprint density at radius 3 is 2.62 bits per heavy atom. The fraction of sp³-hybridized carbons (Fsp3) is 0.0952. The highest BCUT2D eigenvalue weighted by atomic mass is 35.5. The van der Waals surface area contributed by atoms with Crippen molar-refractivity contribution in [2.24, 2.45) is 0 Å². The van der Waals surface area contributed by atoms with E-state index in [2.05, 4.69) is 9.97 Å². The van der Waals surface area contributed by atoms with E-state index in [1.54, 1.807) is 19.4 Å². The number of hydrogen-bond acceptors (Lipinski definition) is 3. The third-order valence-electron chi connectivity index (χ3n) is 4.19. The molecule has 0 radical (unpaired) electrons. The number of H-pyrrole nitrogens is 1. The topological polar surface area (TPSA) is 47.1 Å². The van der Waals surface area contributed by atoms with E-state index in [-0.39, 0.29) is 0 Å². The highest BCUT2D eigenvalue weighted by molar-refractivity contribution is 6.35. The maximum atomic E-state index is 6.23. The van der Waals surface area contributed by atoms with Crippen LogP contribution in [0.15, 0.2) is 66.9 Å². The van der Waals surface area contributed by atoms with Gasteiger partial charge in [0, 0.05) is 22.8 Å². The van der Waals surface area contributed by atoms with E-state index in [1.807, 2.05) is 54.6 Å². The molecule has 0 fully saturated rings. The number of pyridine rings is 1. The average molecular weight is 365 g/mol. The Hall–Kier alpha value is -2.98. The van der Waals surface area contributed by atoms with Crippen LogP contribution >= 0.6 is 11.6 Å². The number of methoxy groups -OCH3 is 1. The Labute approximate surface area is 156 Å². The first-order chi connectivity index (χ1) is 12.7. The third kappa shape index (κ3) is 3.37. The van der Waals surface area contributed by atoms with Gasteiger partial charge < -0.3 is 14.5 Å². The van der Waals surface area contributed by atoms with Crippen LogP contribution in [0, 0.1) is 0 Å². The first kappa shape index (κ1) is 16.5. The van der Waals surface area contributed by atoms with E-state index in [0.29, 0.717) is 11.6 Å². The second-order valence-electron chi connectivity index (χ2n) is 5.90. The van der Waals surface area contributed by atoms with Crippen molar-refractivity contribution in [1.82, 2.24) is 9.97 Å². The number of aromatic nitrogens is 2. The minimum atomic E-state index is 0.494. The molecule has 130 valence electrons. The SMILES string of the molecule is COc1ccc(COc2cccc(-c3cc4c(Cl)ccnc4[nH]3)c2)cc1. The van der Waals surface area contributed by atoms with Gasteiger partial charge in [-0.15, -0.1) is 0 Å².